The van der Waals surface area contributed by atoms with Crippen LogP contribution in [0.5, 0.6) is 0 Å². The highest BCUT2D eigenvalue weighted by Crippen LogP contribution is 2.47. The number of hydrogen-bond donors (Lipinski definition) is 2. The van der Waals surface area contributed by atoms with Crippen LogP contribution in [-0.4, -0.2) is 33.6 Å². The Bertz CT molecular complexity index is 2630. The van der Waals surface area contributed by atoms with Crippen LogP contribution < -0.4 is 5.32 Å². The molecular weight excluding hydrogens is 671 g/mol. The molecule has 5 aromatic carbocycles. The molecular formula is C41H30F3N3O5. The molecule has 11 heteroatoms. The number of carbonyl (C=O) groups is 2. The lowest BCUT2D eigenvalue weighted by molar-refractivity contribution is -0.184. The second-order valence-corrected chi connectivity index (χ2v) is 13.3. The molecule has 7 aromatic rings. The molecule has 4 heterocycles. The molecule has 1 saturated heterocycles. The Kier molecular flexibility index (Phi) is 7.46. The summed E-state index contributed by atoms with van der Waals surface area (Å²) >= 11 is 0. The number of H-pyrrole nitrogens is 1. The number of imide groups is 1. The number of amides is 2. The van der Waals surface area contributed by atoms with Crippen LogP contribution >= 0.6 is 0 Å². The van der Waals surface area contributed by atoms with E-state index in [9.17, 15) is 9.59 Å². The minimum atomic E-state index is -1.14. The normalized spacial score (nSPS) is 18.8. The number of halogens is 3. The van der Waals surface area contributed by atoms with Gasteiger partial charge < -0.3 is 19.2 Å². The largest absolute Gasteiger partial charge is 0.472 e. The Labute approximate surface area is 294 Å². The van der Waals surface area contributed by atoms with Crippen LogP contribution in [0.15, 0.2) is 97.3 Å². The minimum Gasteiger partial charge on any atom is -0.472 e. The van der Waals surface area contributed by atoms with E-state index in [1.165, 1.54) is 6.07 Å². The fraction of sp³-hybridized carbons (Fsp3) is 0.171. The maximum Gasteiger partial charge on any atom is 0.259 e. The fourth-order valence-corrected chi connectivity index (χ4v) is 7.66. The number of ether oxygens (including phenoxy) is 3. The molecule has 9 rings (SSSR count). The van der Waals surface area contributed by atoms with Crippen molar-refractivity contribution in [3.8, 4) is 0 Å². The van der Waals surface area contributed by atoms with E-state index in [1.807, 2.05) is 60.7 Å². The van der Waals surface area contributed by atoms with E-state index in [0.29, 0.717) is 33.3 Å². The summed E-state index contributed by atoms with van der Waals surface area (Å²) in [4.78, 5) is 30.5. The van der Waals surface area contributed by atoms with E-state index < -0.39 is 47.7 Å². The SMILES string of the molecule is C=C1CC(OCc2ccccc2)C(OCc2ccccc2)C(n2c3cc(F)c(F)cc3c3c4c(c5c6cc(F)c(C)cc6[nH]c5c32)C(=O)NC4=O)O1. The Hall–Kier alpha value is -5.91. The third-order valence-corrected chi connectivity index (χ3v) is 10.0. The number of benzene rings is 5. The second kappa shape index (κ2) is 12.1. The van der Waals surface area contributed by atoms with E-state index in [2.05, 4.69) is 16.9 Å². The van der Waals surface area contributed by atoms with E-state index in [1.54, 1.807) is 17.6 Å². The summed E-state index contributed by atoms with van der Waals surface area (Å²) in [5, 5.41) is 3.39. The molecule has 2 aromatic heterocycles. The molecule has 0 aliphatic carbocycles. The maximum absolute atomic E-state index is 15.4. The van der Waals surface area contributed by atoms with E-state index >= 15 is 13.2 Å². The van der Waals surface area contributed by atoms with Gasteiger partial charge in [-0.15, -0.1) is 0 Å². The molecule has 260 valence electrons. The Morgan fingerprint density at radius 2 is 1.42 bits per heavy atom. The Morgan fingerprint density at radius 1 is 0.808 bits per heavy atom. The van der Waals surface area contributed by atoms with Gasteiger partial charge >= 0.3 is 0 Å². The third-order valence-electron chi connectivity index (χ3n) is 10.0. The maximum atomic E-state index is 15.4. The van der Waals surface area contributed by atoms with Crippen LogP contribution in [-0.2, 0) is 27.4 Å². The number of carbonyl (C=O) groups excluding carboxylic acids is 2. The van der Waals surface area contributed by atoms with Gasteiger partial charge in [0.1, 0.15) is 11.9 Å². The molecule has 8 nitrogen and oxygen atoms in total. The van der Waals surface area contributed by atoms with Gasteiger partial charge in [0.05, 0.1) is 52.8 Å². The standard InChI is InChI=1S/C41H30F3N3O5/c1-20-13-29-24(15-26(20)42)32-34-35(40(49)46-39(34)48)33-25-16-27(43)28(44)17-30(25)47(37(33)36(32)45-29)41-38(51-19-23-11-7-4-8-12-23)31(14-21(2)52-41)50-18-22-9-5-3-6-10-22/h3-13,15-17,31,38,41,45H,2,14,18-19H2,1H3,(H,46,48,49). The van der Waals surface area contributed by atoms with Crippen molar-refractivity contribution in [3.05, 3.63) is 143 Å². The first kappa shape index (κ1) is 32.0. The van der Waals surface area contributed by atoms with Crippen LogP contribution in [0.2, 0.25) is 0 Å². The molecule has 1 fully saturated rings. The van der Waals surface area contributed by atoms with Gasteiger partial charge in [-0.25, -0.2) is 13.2 Å². The first-order valence-electron chi connectivity index (χ1n) is 16.8. The smallest absolute Gasteiger partial charge is 0.259 e. The van der Waals surface area contributed by atoms with E-state index in [0.717, 1.165) is 23.3 Å². The van der Waals surface area contributed by atoms with Crippen molar-refractivity contribution in [2.24, 2.45) is 0 Å². The molecule has 2 amide bonds. The summed E-state index contributed by atoms with van der Waals surface area (Å²) in [7, 11) is 0. The summed E-state index contributed by atoms with van der Waals surface area (Å²) in [6.07, 6.45) is -2.30. The molecule has 2 N–H and O–H groups in total. The number of nitrogens with zero attached hydrogens (tertiary/aromatic N) is 1. The van der Waals surface area contributed by atoms with Crippen molar-refractivity contribution in [2.75, 3.05) is 0 Å². The molecule has 2 aliphatic rings. The monoisotopic (exact) mass is 701 g/mol. The lowest BCUT2D eigenvalue weighted by atomic mass is 9.96. The topological polar surface area (TPSA) is 94.6 Å². The van der Waals surface area contributed by atoms with Gasteiger partial charge in [-0.05, 0) is 41.8 Å². The Balaban J connectivity index is 1.34. The number of rotatable bonds is 7. The van der Waals surface area contributed by atoms with Crippen molar-refractivity contribution in [2.45, 2.75) is 45.0 Å². The van der Waals surface area contributed by atoms with Crippen molar-refractivity contribution in [1.82, 2.24) is 14.9 Å². The molecule has 0 radical (unpaired) electrons. The fourth-order valence-electron chi connectivity index (χ4n) is 7.66. The predicted molar refractivity (Wildman–Crippen MR) is 189 cm³/mol. The van der Waals surface area contributed by atoms with Crippen molar-refractivity contribution >= 4 is 55.4 Å². The highest BCUT2D eigenvalue weighted by Gasteiger charge is 2.43. The van der Waals surface area contributed by atoms with Crippen LogP contribution in [0.3, 0.4) is 0 Å². The zero-order valence-corrected chi connectivity index (χ0v) is 27.8. The van der Waals surface area contributed by atoms with Crippen LogP contribution in [0.1, 0.15) is 50.1 Å². The minimum absolute atomic E-state index is 0.0145. The van der Waals surface area contributed by atoms with Crippen molar-refractivity contribution in [3.63, 3.8) is 0 Å². The molecule has 0 bridgehead atoms. The quantitative estimate of drug-likeness (QED) is 0.162. The van der Waals surface area contributed by atoms with Crippen molar-refractivity contribution < 1.29 is 37.0 Å². The third kappa shape index (κ3) is 4.99. The summed E-state index contributed by atoms with van der Waals surface area (Å²) in [6, 6.07) is 24.1. The summed E-state index contributed by atoms with van der Waals surface area (Å²) in [6.45, 7) is 6.18. The lowest BCUT2D eigenvalue weighted by Crippen LogP contribution is -2.44. The van der Waals surface area contributed by atoms with Gasteiger partial charge in [-0.1, -0.05) is 67.2 Å². The highest BCUT2D eigenvalue weighted by molar-refractivity contribution is 6.39. The first-order chi connectivity index (χ1) is 25.2. The molecule has 3 unspecified atom stereocenters. The number of hydrogen-bond acceptors (Lipinski definition) is 5. The van der Waals surface area contributed by atoms with Gasteiger partial charge in [0.15, 0.2) is 11.6 Å². The van der Waals surface area contributed by atoms with Gasteiger partial charge in [0, 0.05) is 39.5 Å². The number of nitrogens with one attached hydrogen (secondary N) is 2. The number of fused-ring (bicyclic) bond motifs is 10. The zero-order chi connectivity index (χ0) is 35.8. The van der Waals surface area contributed by atoms with Crippen LogP contribution in [0, 0.1) is 24.4 Å². The highest BCUT2D eigenvalue weighted by atomic mass is 19.2. The second-order valence-electron chi connectivity index (χ2n) is 13.3. The lowest BCUT2D eigenvalue weighted by Gasteiger charge is -2.40. The van der Waals surface area contributed by atoms with Crippen LogP contribution in [0.4, 0.5) is 13.2 Å². The average molecular weight is 702 g/mol. The molecule has 3 atom stereocenters. The van der Waals surface area contributed by atoms with Gasteiger partial charge in [0.25, 0.3) is 11.8 Å². The van der Waals surface area contributed by atoms with Gasteiger partial charge in [0.2, 0.25) is 6.23 Å². The first-order valence-corrected chi connectivity index (χ1v) is 16.8. The molecule has 0 spiro atoms. The zero-order valence-electron chi connectivity index (χ0n) is 27.8. The summed E-state index contributed by atoms with van der Waals surface area (Å²) < 4.78 is 67.1. The summed E-state index contributed by atoms with van der Waals surface area (Å²) in [5.74, 6) is -3.82. The molecule has 0 saturated carbocycles. The van der Waals surface area contributed by atoms with E-state index in [-0.39, 0.29) is 52.4 Å². The summed E-state index contributed by atoms with van der Waals surface area (Å²) in [5.41, 5.74) is 3.48. The van der Waals surface area contributed by atoms with Crippen molar-refractivity contribution in [1.29, 1.82) is 0 Å². The number of aryl methyl sites for hydroxylation is 1. The van der Waals surface area contributed by atoms with E-state index in [4.69, 9.17) is 14.2 Å². The Morgan fingerprint density at radius 3 is 2.12 bits per heavy atom. The van der Waals surface area contributed by atoms with Gasteiger partial charge in [-0.3, -0.25) is 19.5 Å². The number of aromatic amines is 1. The predicted octanol–water partition coefficient (Wildman–Crippen LogP) is 8.64. The molecule has 2 aliphatic heterocycles. The molecule has 52 heavy (non-hydrogen) atoms. The van der Waals surface area contributed by atoms with Gasteiger partial charge in [-0.2, -0.15) is 0 Å². The average Bonchev–Trinajstić information content (AvgIpc) is 3.75. The van der Waals surface area contributed by atoms with Crippen LogP contribution in [0.25, 0.3) is 43.6 Å². The number of aromatic nitrogens is 2.